The van der Waals surface area contributed by atoms with Gasteiger partial charge in [0.2, 0.25) is 0 Å². The number of carbonyl (C=O) groups excluding carboxylic acids is 2. The van der Waals surface area contributed by atoms with E-state index in [0.717, 1.165) is 13.6 Å². The van der Waals surface area contributed by atoms with Gasteiger partial charge in [0.15, 0.2) is 0 Å². The molecule has 1 heterocycles. The molecule has 1 aliphatic rings. The Labute approximate surface area is 149 Å². The monoisotopic (exact) mass is 468 g/mol. The Hall–Kier alpha value is -1.67. The van der Waals surface area contributed by atoms with Crippen LogP contribution in [0.1, 0.15) is 5.56 Å². The number of hydrogen-bond acceptors (Lipinski definition) is 2. The number of rotatable bonds is 2. The average molecular weight is 469 g/mol. The van der Waals surface area contributed by atoms with Gasteiger partial charge in [0.25, 0.3) is 11.8 Å². The summed E-state index contributed by atoms with van der Waals surface area (Å²) in [4.78, 5) is 24.5. The van der Waals surface area contributed by atoms with Gasteiger partial charge in [-0.25, -0.2) is 5.01 Å². The average Bonchev–Trinajstić information content (AvgIpc) is 2.78. The quantitative estimate of drug-likeness (QED) is 0.416. The number of hydrogen-bond donors (Lipinski definition) is 1. The summed E-state index contributed by atoms with van der Waals surface area (Å²) in [5, 5.41) is 1.27. The zero-order valence-electron chi connectivity index (χ0n) is 11.2. The first-order valence-electron chi connectivity index (χ1n) is 6.43. The maximum Gasteiger partial charge on any atom is 0.282 e. The van der Waals surface area contributed by atoms with Gasteiger partial charge < -0.3 is 0 Å². The van der Waals surface area contributed by atoms with E-state index in [9.17, 15) is 9.59 Å². The molecule has 1 fully saturated rings. The minimum atomic E-state index is -0.397. The second-order valence-electron chi connectivity index (χ2n) is 4.67. The molecule has 0 unspecified atom stereocenters. The van der Waals surface area contributed by atoms with Gasteiger partial charge >= 0.3 is 0 Å². The molecule has 6 heteroatoms. The molecule has 2 aromatic carbocycles. The molecule has 3 rings (SSSR count). The maximum absolute atomic E-state index is 12.4. The zero-order chi connectivity index (χ0) is 15.7. The molecule has 0 bridgehead atoms. The largest absolute Gasteiger partial charge is 0.282 e. The third-order valence-electron chi connectivity index (χ3n) is 3.16. The molecule has 2 aromatic rings. The number of hydrazine groups is 1. The Morgan fingerprint density at radius 3 is 2.27 bits per heavy atom. The van der Waals surface area contributed by atoms with Crippen molar-refractivity contribution in [2.75, 3.05) is 5.01 Å². The summed E-state index contributed by atoms with van der Waals surface area (Å²) < 4.78 is 2.00. The minimum absolute atomic E-state index is 0.126. The third-order valence-corrected chi connectivity index (χ3v) is 4.41. The highest BCUT2D eigenvalue weighted by Crippen LogP contribution is 2.22. The molecule has 0 radical (unpaired) electrons. The predicted molar refractivity (Wildman–Crippen MR) is 96.9 cm³/mol. The molecule has 110 valence electrons. The number of halogens is 2. The van der Waals surface area contributed by atoms with Crippen molar-refractivity contribution in [3.8, 4) is 0 Å². The molecule has 0 aromatic heterocycles. The van der Waals surface area contributed by atoms with Crippen molar-refractivity contribution >= 4 is 62.1 Å². The number of carbonyl (C=O) groups is 2. The Morgan fingerprint density at radius 2 is 1.64 bits per heavy atom. The summed E-state index contributed by atoms with van der Waals surface area (Å²) >= 11 is 5.54. The molecule has 22 heavy (non-hydrogen) atoms. The molecular weight excluding hydrogens is 459 g/mol. The van der Waals surface area contributed by atoms with Crippen LogP contribution < -0.4 is 10.4 Å². The maximum atomic E-state index is 12.4. The van der Waals surface area contributed by atoms with E-state index >= 15 is 0 Å². The van der Waals surface area contributed by atoms with Gasteiger partial charge in [-0.2, -0.15) is 0 Å². The standard InChI is InChI=1S/C16H10BrIN2O2/c17-11-3-1-10(2-4-11)9-14-15(21)19-20(16(14)22)13-7-5-12(18)6-8-13/h1-9H,(H,19,21)/b14-9-. The van der Waals surface area contributed by atoms with Gasteiger partial charge in [-0.3, -0.25) is 15.0 Å². The first-order chi connectivity index (χ1) is 10.5. The van der Waals surface area contributed by atoms with Crippen LogP contribution in [0.15, 0.2) is 58.6 Å². The lowest BCUT2D eigenvalue weighted by atomic mass is 10.1. The van der Waals surface area contributed by atoms with Crippen molar-refractivity contribution in [2.24, 2.45) is 0 Å². The normalized spacial score (nSPS) is 16.3. The van der Waals surface area contributed by atoms with Crippen molar-refractivity contribution in [2.45, 2.75) is 0 Å². The molecule has 0 spiro atoms. The van der Waals surface area contributed by atoms with Gasteiger partial charge in [0.05, 0.1) is 5.69 Å². The highest BCUT2D eigenvalue weighted by atomic mass is 127. The minimum Gasteiger partial charge on any atom is -0.267 e. The SMILES string of the molecule is O=C1NN(c2ccc(I)cc2)C(=O)/C1=C\c1ccc(Br)cc1. The van der Waals surface area contributed by atoms with Gasteiger partial charge in [0, 0.05) is 8.04 Å². The van der Waals surface area contributed by atoms with Crippen LogP contribution in [0.3, 0.4) is 0 Å². The van der Waals surface area contributed by atoms with Gasteiger partial charge in [0.1, 0.15) is 5.57 Å². The fourth-order valence-electron chi connectivity index (χ4n) is 2.06. The molecule has 1 N–H and O–H groups in total. The predicted octanol–water partition coefficient (Wildman–Crippen LogP) is 3.52. The van der Waals surface area contributed by atoms with Crippen molar-refractivity contribution in [1.82, 2.24) is 5.43 Å². The molecule has 2 amide bonds. The zero-order valence-corrected chi connectivity index (χ0v) is 15.0. The van der Waals surface area contributed by atoms with E-state index < -0.39 is 5.91 Å². The Kier molecular flexibility index (Phi) is 4.30. The number of nitrogens with zero attached hydrogens (tertiary/aromatic N) is 1. The van der Waals surface area contributed by atoms with Crippen LogP contribution in [0.25, 0.3) is 6.08 Å². The van der Waals surface area contributed by atoms with E-state index in [2.05, 4.69) is 43.9 Å². The van der Waals surface area contributed by atoms with Crippen LogP contribution in [0, 0.1) is 3.57 Å². The summed E-state index contributed by atoms with van der Waals surface area (Å²) in [7, 11) is 0. The summed E-state index contributed by atoms with van der Waals surface area (Å²) in [5.74, 6) is -0.749. The van der Waals surface area contributed by atoms with Gasteiger partial charge in [-0.05, 0) is 70.6 Å². The van der Waals surface area contributed by atoms with E-state index in [1.54, 1.807) is 18.2 Å². The van der Waals surface area contributed by atoms with Crippen LogP contribution in [-0.2, 0) is 9.59 Å². The van der Waals surface area contributed by atoms with E-state index in [1.807, 2.05) is 36.4 Å². The first kappa shape index (κ1) is 15.2. The summed E-state index contributed by atoms with van der Waals surface area (Å²) in [6.45, 7) is 0. The first-order valence-corrected chi connectivity index (χ1v) is 8.30. The Morgan fingerprint density at radius 1 is 1.00 bits per heavy atom. The highest BCUT2D eigenvalue weighted by molar-refractivity contribution is 14.1. The third kappa shape index (κ3) is 3.07. The fraction of sp³-hybridized carbons (Fsp3) is 0. The lowest BCUT2D eigenvalue weighted by Crippen LogP contribution is -2.35. The summed E-state index contributed by atoms with van der Waals surface area (Å²) in [6, 6.07) is 14.8. The van der Waals surface area contributed by atoms with Gasteiger partial charge in [-0.15, -0.1) is 0 Å². The van der Waals surface area contributed by atoms with E-state index in [-0.39, 0.29) is 11.5 Å². The number of nitrogens with one attached hydrogen (secondary N) is 1. The van der Waals surface area contributed by atoms with Crippen molar-refractivity contribution in [1.29, 1.82) is 0 Å². The lowest BCUT2D eigenvalue weighted by molar-refractivity contribution is -0.117. The topological polar surface area (TPSA) is 49.4 Å². The molecule has 1 aliphatic heterocycles. The number of benzene rings is 2. The van der Waals surface area contributed by atoms with Gasteiger partial charge in [-0.1, -0.05) is 28.1 Å². The Balaban J connectivity index is 1.91. The molecule has 0 aliphatic carbocycles. The number of anilines is 1. The van der Waals surface area contributed by atoms with Crippen LogP contribution in [0.5, 0.6) is 0 Å². The van der Waals surface area contributed by atoms with E-state index in [4.69, 9.17) is 0 Å². The van der Waals surface area contributed by atoms with Crippen LogP contribution in [0.4, 0.5) is 5.69 Å². The summed E-state index contributed by atoms with van der Waals surface area (Å²) in [6.07, 6.45) is 1.59. The molecular formula is C16H10BrIN2O2. The van der Waals surface area contributed by atoms with Crippen LogP contribution in [-0.4, -0.2) is 11.8 Å². The molecule has 1 saturated heterocycles. The van der Waals surface area contributed by atoms with Crippen molar-refractivity contribution < 1.29 is 9.59 Å². The molecule has 0 atom stereocenters. The van der Waals surface area contributed by atoms with Crippen LogP contribution in [0.2, 0.25) is 0 Å². The van der Waals surface area contributed by atoms with Crippen LogP contribution >= 0.6 is 38.5 Å². The van der Waals surface area contributed by atoms with Crippen molar-refractivity contribution in [3.05, 3.63) is 67.7 Å². The fourth-order valence-corrected chi connectivity index (χ4v) is 2.68. The second kappa shape index (κ2) is 6.21. The van der Waals surface area contributed by atoms with Crippen molar-refractivity contribution in [3.63, 3.8) is 0 Å². The summed E-state index contributed by atoms with van der Waals surface area (Å²) in [5.41, 5.74) is 4.15. The Bertz CT molecular complexity index is 770. The molecule has 0 saturated carbocycles. The van der Waals surface area contributed by atoms with E-state index in [1.165, 1.54) is 5.01 Å². The highest BCUT2D eigenvalue weighted by Gasteiger charge is 2.34. The molecule has 4 nitrogen and oxygen atoms in total. The smallest absolute Gasteiger partial charge is 0.267 e. The lowest BCUT2D eigenvalue weighted by Gasteiger charge is -2.14. The second-order valence-corrected chi connectivity index (χ2v) is 6.83. The van der Waals surface area contributed by atoms with E-state index in [0.29, 0.717) is 5.69 Å². The number of amides is 2.